The number of halogens is 1. The lowest BCUT2D eigenvalue weighted by Gasteiger charge is -2.18. The molecule has 0 spiro atoms. The van der Waals surface area contributed by atoms with Crippen LogP contribution in [0.1, 0.15) is 22.3 Å². The molecular weight excluding hydrogens is 370 g/mol. The van der Waals surface area contributed by atoms with Crippen LogP contribution < -0.4 is 20.8 Å². The van der Waals surface area contributed by atoms with Gasteiger partial charge in [-0.05, 0) is 49.6 Å². The zero-order chi connectivity index (χ0) is 18.3. The molecule has 1 unspecified atom stereocenters. The smallest absolute Gasteiger partial charge is 0.268 e. The van der Waals surface area contributed by atoms with Crippen molar-refractivity contribution in [2.75, 3.05) is 26.4 Å². The number of ether oxygens (including phenoxy) is 2. The number of nitrogens with zero attached hydrogens (tertiary/aromatic N) is 2. The molecule has 8 heteroatoms. The predicted molar refractivity (Wildman–Crippen MR) is 103 cm³/mol. The minimum absolute atomic E-state index is 0. The number of hydrogen-bond acceptors (Lipinski definition) is 5. The molecular formula is C19H22ClN3O4. The highest BCUT2D eigenvalue weighted by molar-refractivity contribution is 5.95. The van der Waals surface area contributed by atoms with Crippen LogP contribution in [0.4, 0.5) is 0 Å². The molecule has 1 amide bonds. The summed E-state index contributed by atoms with van der Waals surface area (Å²) in [5, 5.41) is 0. The quantitative estimate of drug-likeness (QED) is 0.860. The van der Waals surface area contributed by atoms with Crippen molar-refractivity contribution >= 4 is 18.3 Å². The Morgan fingerprint density at radius 3 is 2.78 bits per heavy atom. The van der Waals surface area contributed by atoms with E-state index in [9.17, 15) is 9.59 Å². The molecule has 1 aromatic carbocycles. The van der Waals surface area contributed by atoms with Gasteiger partial charge in [-0.25, -0.2) is 0 Å². The number of rotatable bonds is 3. The molecule has 3 heterocycles. The van der Waals surface area contributed by atoms with E-state index in [0.717, 1.165) is 6.42 Å². The highest BCUT2D eigenvalue weighted by Crippen LogP contribution is 2.33. The van der Waals surface area contributed by atoms with Crippen molar-refractivity contribution in [3.63, 3.8) is 0 Å². The average Bonchev–Trinajstić information content (AvgIpc) is 3.30. The van der Waals surface area contributed by atoms with Gasteiger partial charge in [0.1, 0.15) is 5.56 Å². The van der Waals surface area contributed by atoms with Crippen molar-refractivity contribution in [3.05, 3.63) is 51.9 Å². The summed E-state index contributed by atoms with van der Waals surface area (Å²) in [6, 6.07) is 7.07. The van der Waals surface area contributed by atoms with Crippen LogP contribution in [0.15, 0.2) is 35.3 Å². The zero-order valence-corrected chi connectivity index (χ0v) is 15.8. The summed E-state index contributed by atoms with van der Waals surface area (Å²) < 4.78 is 12.2. The topological polar surface area (TPSA) is 86.8 Å². The molecule has 4 rings (SSSR count). The van der Waals surface area contributed by atoms with E-state index >= 15 is 0 Å². The van der Waals surface area contributed by atoms with E-state index in [1.807, 2.05) is 0 Å². The minimum Gasteiger partial charge on any atom is -0.454 e. The Morgan fingerprint density at radius 2 is 2.04 bits per heavy atom. The molecule has 0 saturated carbocycles. The number of benzene rings is 1. The molecule has 0 aliphatic carbocycles. The number of hydrogen-bond donors (Lipinski definition) is 1. The van der Waals surface area contributed by atoms with E-state index in [4.69, 9.17) is 15.2 Å². The highest BCUT2D eigenvalue weighted by Gasteiger charge is 2.29. The molecule has 2 N–H and O–H groups in total. The van der Waals surface area contributed by atoms with Crippen LogP contribution in [0.5, 0.6) is 11.5 Å². The maximum absolute atomic E-state index is 13.1. The van der Waals surface area contributed by atoms with Gasteiger partial charge in [-0.2, -0.15) is 0 Å². The normalized spacial score (nSPS) is 17.7. The second-order valence-corrected chi connectivity index (χ2v) is 6.73. The summed E-state index contributed by atoms with van der Waals surface area (Å²) in [4.78, 5) is 27.7. The summed E-state index contributed by atoms with van der Waals surface area (Å²) in [7, 11) is 0. The molecule has 2 aromatic rings. The van der Waals surface area contributed by atoms with Gasteiger partial charge in [0.25, 0.3) is 11.5 Å². The molecule has 2 aliphatic heterocycles. The number of carbonyl (C=O) groups is 1. The number of fused-ring (bicyclic) bond motifs is 1. The van der Waals surface area contributed by atoms with Crippen molar-refractivity contribution in [1.29, 1.82) is 0 Å². The Labute approximate surface area is 163 Å². The number of aryl methyl sites for hydroxylation is 1. The minimum atomic E-state index is -0.329. The summed E-state index contributed by atoms with van der Waals surface area (Å²) in [6.07, 6.45) is 2.56. The monoisotopic (exact) mass is 391 g/mol. The van der Waals surface area contributed by atoms with Crippen molar-refractivity contribution in [3.8, 4) is 17.2 Å². The maximum atomic E-state index is 13.1. The van der Waals surface area contributed by atoms with Gasteiger partial charge in [0.2, 0.25) is 6.79 Å². The van der Waals surface area contributed by atoms with Gasteiger partial charge >= 0.3 is 0 Å². The van der Waals surface area contributed by atoms with Gasteiger partial charge in [-0.15, -0.1) is 12.4 Å². The summed E-state index contributed by atoms with van der Waals surface area (Å²) >= 11 is 0. The van der Waals surface area contributed by atoms with Crippen molar-refractivity contribution in [2.24, 2.45) is 11.7 Å². The van der Waals surface area contributed by atoms with Crippen molar-refractivity contribution in [2.45, 2.75) is 13.3 Å². The van der Waals surface area contributed by atoms with Gasteiger partial charge < -0.3 is 20.1 Å². The molecule has 1 saturated heterocycles. The fourth-order valence-corrected chi connectivity index (χ4v) is 3.49. The number of carbonyl (C=O) groups excluding carboxylic acids is 1. The molecule has 144 valence electrons. The lowest BCUT2D eigenvalue weighted by atomic mass is 10.1. The van der Waals surface area contributed by atoms with Gasteiger partial charge in [0, 0.05) is 25.4 Å². The zero-order valence-electron chi connectivity index (χ0n) is 15.0. The number of pyridine rings is 1. The SMILES string of the molecule is Cc1ccn(-c2ccc3c(c2)OCO3)c(=O)c1C(=O)N1CCC(CN)C1.Cl. The fourth-order valence-electron chi connectivity index (χ4n) is 3.49. The second-order valence-electron chi connectivity index (χ2n) is 6.73. The third kappa shape index (κ3) is 3.40. The van der Waals surface area contributed by atoms with E-state index in [1.54, 1.807) is 42.3 Å². The van der Waals surface area contributed by atoms with Crippen LogP contribution in [-0.4, -0.2) is 41.8 Å². The Bertz CT molecular complexity index is 928. The molecule has 1 atom stereocenters. The first-order chi connectivity index (χ1) is 12.6. The highest BCUT2D eigenvalue weighted by atomic mass is 35.5. The number of amides is 1. The number of likely N-dealkylation sites (tertiary alicyclic amines) is 1. The Kier molecular flexibility index (Phi) is 5.43. The fraction of sp³-hybridized carbons (Fsp3) is 0.368. The largest absolute Gasteiger partial charge is 0.454 e. The van der Waals surface area contributed by atoms with E-state index in [-0.39, 0.29) is 36.2 Å². The third-order valence-corrected chi connectivity index (χ3v) is 5.06. The first kappa shape index (κ1) is 19.3. The van der Waals surface area contributed by atoms with E-state index in [1.165, 1.54) is 4.57 Å². The van der Waals surface area contributed by atoms with E-state index in [2.05, 4.69) is 0 Å². The molecule has 2 aliphatic rings. The summed E-state index contributed by atoms with van der Waals surface area (Å²) in [5.41, 5.74) is 6.90. The van der Waals surface area contributed by atoms with E-state index < -0.39 is 0 Å². The molecule has 1 fully saturated rings. The summed E-state index contributed by atoms with van der Waals surface area (Å²) in [5.74, 6) is 1.32. The Hall–Kier alpha value is -2.51. The van der Waals surface area contributed by atoms with Crippen LogP contribution in [0.3, 0.4) is 0 Å². The van der Waals surface area contributed by atoms with Gasteiger partial charge in [0.15, 0.2) is 11.5 Å². The van der Waals surface area contributed by atoms with Crippen molar-refractivity contribution in [1.82, 2.24) is 9.47 Å². The summed E-state index contributed by atoms with van der Waals surface area (Å²) in [6.45, 7) is 3.75. The Balaban J connectivity index is 0.00000210. The number of aromatic nitrogens is 1. The number of nitrogens with two attached hydrogens (primary N) is 1. The lowest BCUT2D eigenvalue weighted by molar-refractivity contribution is 0.0785. The van der Waals surface area contributed by atoms with Crippen LogP contribution in [0.25, 0.3) is 5.69 Å². The average molecular weight is 392 g/mol. The standard InChI is InChI=1S/C19H21N3O4.ClH/c1-12-4-7-22(14-2-3-15-16(8-14)26-11-25-15)19(24)17(12)18(23)21-6-5-13(9-20)10-21;/h2-4,7-8,13H,5-6,9-11,20H2,1H3;1H. The van der Waals surface area contributed by atoms with Crippen molar-refractivity contribution < 1.29 is 14.3 Å². The molecule has 7 nitrogen and oxygen atoms in total. The van der Waals surface area contributed by atoms with Crippen LogP contribution in [0, 0.1) is 12.8 Å². The molecule has 0 bridgehead atoms. The first-order valence-corrected chi connectivity index (χ1v) is 8.70. The third-order valence-electron chi connectivity index (χ3n) is 5.06. The lowest BCUT2D eigenvalue weighted by Crippen LogP contribution is -2.36. The van der Waals surface area contributed by atoms with Gasteiger partial charge in [-0.1, -0.05) is 0 Å². The van der Waals surface area contributed by atoms with E-state index in [0.29, 0.717) is 48.3 Å². The molecule has 0 radical (unpaired) electrons. The molecule has 1 aromatic heterocycles. The Morgan fingerprint density at radius 1 is 1.26 bits per heavy atom. The van der Waals surface area contributed by atoms with Crippen LogP contribution in [-0.2, 0) is 0 Å². The van der Waals surface area contributed by atoms with Crippen LogP contribution >= 0.6 is 12.4 Å². The van der Waals surface area contributed by atoms with Gasteiger partial charge in [-0.3, -0.25) is 14.2 Å². The maximum Gasteiger partial charge on any atom is 0.268 e. The second kappa shape index (κ2) is 7.62. The molecule has 27 heavy (non-hydrogen) atoms. The van der Waals surface area contributed by atoms with Crippen LogP contribution in [0.2, 0.25) is 0 Å². The van der Waals surface area contributed by atoms with Gasteiger partial charge in [0.05, 0.1) is 5.69 Å². The first-order valence-electron chi connectivity index (χ1n) is 8.70. The predicted octanol–water partition coefficient (Wildman–Crippen LogP) is 1.72.